The van der Waals surface area contributed by atoms with Crippen molar-refractivity contribution in [1.82, 2.24) is 10.2 Å². The molecule has 0 bridgehead atoms. The van der Waals surface area contributed by atoms with Crippen LogP contribution < -0.4 is 5.32 Å². The highest BCUT2D eigenvalue weighted by Gasteiger charge is 2.33. The predicted octanol–water partition coefficient (Wildman–Crippen LogP) is 1.13. The van der Waals surface area contributed by atoms with Gasteiger partial charge in [-0.2, -0.15) is 5.26 Å². The Morgan fingerprint density at radius 2 is 2.14 bits per heavy atom. The molecule has 2 heterocycles. The number of rotatable bonds is 5. The van der Waals surface area contributed by atoms with Crippen molar-refractivity contribution in [2.24, 2.45) is 11.8 Å². The average molecular weight is 309 g/mol. The minimum absolute atomic E-state index is 0.0656. The van der Waals surface area contributed by atoms with E-state index < -0.39 is 5.54 Å². The molecular weight excluding hydrogens is 282 g/mol. The monoisotopic (exact) mass is 309 g/mol. The van der Waals surface area contributed by atoms with E-state index in [4.69, 9.17) is 9.47 Å². The van der Waals surface area contributed by atoms with E-state index in [0.717, 1.165) is 25.9 Å². The molecule has 0 spiro atoms. The molecule has 0 aromatic carbocycles. The molecule has 2 rings (SSSR count). The van der Waals surface area contributed by atoms with E-state index in [1.54, 1.807) is 6.92 Å². The maximum absolute atomic E-state index is 12.3. The molecule has 2 atom stereocenters. The molecule has 1 N–H and O–H groups in total. The second-order valence-corrected chi connectivity index (χ2v) is 6.76. The number of ether oxygens (including phenoxy) is 2. The zero-order chi connectivity index (χ0) is 16.2. The Balaban J connectivity index is 1.84. The second kappa shape index (κ2) is 7.40. The Hall–Kier alpha value is -1.16. The van der Waals surface area contributed by atoms with Crippen molar-refractivity contribution < 1.29 is 14.3 Å². The van der Waals surface area contributed by atoms with Crippen molar-refractivity contribution >= 4 is 5.91 Å². The average Bonchev–Trinajstić information content (AvgIpc) is 3.01. The van der Waals surface area contributed by atoms with Gasteiger partial charge in [0.25, 0.3) is 0 Å². The Kier molecular flexibility index (Phi) is 5.79. The highest BCUT2D eigenvalue weighted by molar-refractivity contribution is 5.79. The number of likely N-dealkylation sites (tertiary alicyclic amines) is 1. The number of amides is 1. The molecule has 6 nitrogen and oxygen atoms in total. The number of hydrogen-bond donors (Lipinski definition) is 1. The van der Waals surface area contributed by atoms with Crippen LogP contribution in [0.2, 0.25) is 0 Å². The summed E-state index contributed by atoms with van der Waals surface area (Å²) in [6.07, 6.45) is 2.00. The number of hydrogen-bond acceptors (Lipinski definition) is 5. The first-order valence-corrected chi connectivity index (χ1v) is 8.12. The summed E-state index contributed by atoms with van der Waals surface area (Å²) >= 11 is 0. The van der Waals surface area contributed by atoms with Crippen LogP contribution in [-0.2, 0) is 14.3 Å². The summed E-state index contributed by atoms with van der Waals surface area (Å²) in [6.45, 7) is 9.02. The van der Waals surface area contributed by atoms with Gasteiger partial charge in [0.1, 0.15) is 5.54 Å². The van der Waals surface area contributed by atoms with Crippen molar-refractivity contribution in [3.63, 3.8) is 0 Å². The minimum Gasteiger partial charge on any atom is -0.350 e. The molecule has 124 valence electrons. The fraction of sp³-hybridized carbons (Fsp3) is 0.875. The maximum Gasteiger partial charge on any atom is 0.235 e. The summed E-state index contributed by atoms with van der Waals surface area (Å²) in [4.78, 5) is 14.4. The Morgan fingerprint density at radius 1 is 1.45 bits per heavy atom. The predicted molar refractivity (Wildman–Crippen MR) is 81.9 cm³/mol. The van der Waals surface area contributed by atoms with E-state index in [2.05, 4.69) is 16.3 Å². The summed E-state index contributed by atoms with van der Waals surface area (Å²) < 4.78 is 11.2. The number of nitrogens with one attached hydrogen (secondary N) is 1. The summed E-state index contributed by atoms with van der Waals surface area (Å²) in [5.41, 5.74) is -0.816. The SMILES string of the molecule is CC(C)[C@](C)(C#N)NC(=O)CN1CCC[C@@H](C2OCCO2)C1. The highest BCUT2D eigenvalue weighted by atomic mass is 16.7. The van der Waals surface area contributed by atoms with Crippen molar-refractivity contribution in [1.29, 1.82) is 5.26 Å². The normalized spacial score (nSPS) is 26.6. The van der Waals surface area contributed by atoms with Crippen molar-refractivity contribution in [2.75, 3.05) is 32.8 Å². The maximum atomic E-state index is 12.3. The third-order valence-electron chi connectivity index (χ3n) is 4.73. The van der Waals surface area contributed by atoms with E-state index in [9.17, 15) is 10.1 Å². The van der Waals surface area contributed by atoms with Gasteiger partial charge in [0, 0.05) is 12.5 Å². The van der Waals surface area contributed by atoms with Crippen LogP contribution in [0.15, 0.2) is 0 Å². The van der Waals surface area contributed by atoms with Crippen LogP contribution in [0.25, 0.3) is 0 Å². The molecule has 0 unspecified atom stereocenters. The van der Waals surface area contributed by atoms with Gasteiger partial charge in [0.15, 0.2) is 6.29 Å². The summed E-state index contributed by atoms with van der Waals surface area (Å²) in [7, 11) is 0. The summed E-state index contributed by atoms with van der Waals surface area (Å²) in [6, 6.07) is 2.21. The topological polar surface area (TPSA) is 74.6 Å². The zero-order valence-electron chi connectivity index (χ0n) is 13.8. The Labute approximate surface area is 132 Å². The molecule has 6 heteroatoms. The summed E-state index contributed by atoms with van der Waals surface area (Å²) in [5, 5.41) is 12.2. The lowest BCUT2D eigenvalue weighted by Gasteiger charge is -2.35. The second-order valence-electron chi connectivity index (χ2n) is 6.76. The van der Waals surface area contributed by atoms with Crippen LogP contribution in [0.1, 0.15) is 33.6 Å². The Morgan fingerprint density at radius 3 is 2.73 bits per heavy atom. The number of carbonyl (C=O) groups excluding carboxylic acids is 1. The van der Waals surface area contributed by atoms with Crippen LogP contribution in [-0.4, -0.2) is 55.5 Å². The molecule has 0 saturated carbocycles. The number of carbonyl (C=O) groups is 1. The van der Waals surface area contributed by atoms with E-state index in [-0.39, 0.29) is 18.1 Å². The van der Waals surface area contributed by atoms with Gasteiger partial charge in [-0.15, -0.1) is 0 Å². The van der Waals surface area contributed by atoms with Gasteiger partial charge < -0.3 is 14.8 Å². The Bertz CT molecular complexity index is 429. The van der Waals surface area contributed by atoms with Gasteiger partial charge in [-0.3, -0.25) is 9.69 Å². The molecule has 2 fully saturated rings. The van der Waals surface area contributed by atoms with Crippen molar-refractivity contribution in [3.05, 3.63) is 0 Å². The van der Waals surface area contributed by atoms with Gasteiger partial charge in [0.05, 0.1) is 25.8 Å². The lowest BCUT2D eigenvalue weighted by atomic mass is 9.90. The molecule has 0 radical (unpaired) electrons. The number of nitriles is 1. The lowest BCUT2D eigenvalue weighted by molar-refractivity contribution is -0.127. The largest absolute Gasteiger partial charge is 0.350 e. The third kappa shape index (κ3) is 4.19. The molecule has 2 aliphatic heterocycles. The lowest BCUT2D eigenvalue weighted by Crippen LogP contribution is -2.53. The molecule has 0 aliphatic carbocycles. The van der Waals surface area contributed by atoms with E-state index >= 15 is 0 Å². The minimum atomic E-state index is -0.816. The van der Waals surface area contributed by atoms with Crippen molar-refractivity contribution in [3.8, 4) is 6.07 Å². The standard InChI is InChI=1S/C16H27N3O3/c1-12(2)16(3,11-17)18-14(20)10-19-6-4-5-13(9-19)15-21-7-8-22-15/h12-13,15H,4-10H2,1-3H3,(H,18,20)/t13-,16+/m1/s1. The van der Waals surface area contributed by atoms with Gasteiger partial charge in [-0.1, -0.05) is 13.8 Å². The van der Waals surface area contributed by atoms with Crippen LogP contribution in [0.4, 0.5) is 0 Å². The third-order valence-corrected chi connectivity index (χ3v) is 4.73. The zero-order valence-corrected chi connectivity index (χ0v) is 13.8. The molecule has 2 saturated heterocycles. The van der Waals surface area contributed by atoms with E-state index in [1.165, 1.54) is 0 Å². The fourth-order valence-electron chi connectivity index (χ4n) is 2.94. The van der Waals surface area contributed by atoms with Crippen LogP contribution in [0.5, 0.6) is 0 Å². The van der Waals surface area contributed by atoms with Gasteiger partial charge in [-0.25, -0.2) is 0 Å². The van der Waals surface area contributed by atoms with E-state index in [1.807, 2.05) is 13.8 Å². The van der Waals surface area contributed by atoms with Crippen LogP contribution in [0.3, 0.4) is 0 Å². The molecule has 2 aliphatic rings. The molecule has 22 heavy (non-hydrogen) atoms. The molecular formula is C16H27N3O3. The quantitative estimate of drug-likeness (QED) is 0.824. The van der Waals surface area contributed by atoms with Gasteiger partial charge in [0.2, 0.25) is 5.91 Å². The number of piperidine rings is 1. The first kappa shape index (κ1) is 17.2. The van der Waals surface area contributed by atoms with Crippen LogP contribution >= 0.6 is 0 Å². The smallest absolute Gasteiger partial charge is 0.235 e. The van der Waals surface area contributed by atoms with Crippen LogP contribution in [0, 0.1) is 23.2 Å². The van der Waals surface area contributed by atoms with Gasteiger partial charge >= 0.3 is 0 Å². The highest BCUT2D eigenvalue weighted by Crippen LogP contribution is 2.24. The first-order valence-electron chi connectivity index (χ1n) is 8.12. The number of nitrogens with zero attached hydrogens (tertiary/aromatic N) is 2. The molecule has 0 aromatic rings. The summed E-state index contributed by atoms with van der Waals surface area (Å²) in [5.74, 6) is 0.305. The van der Waals surface area contributed by atoms with Gasteiger partial charge in [-0.05, 0) is 32.2 Å². The van der Waals surface area contributed by atoms with Crippen molar-refractivity contribution in [2.45, 2.75) is 45.4 Å². The molecule has 1 amide bonds. The molecule has 0 aromatic heterocycles. The van der Waals surface area contributed by atoms with E-state index in [0.29, 0.717) is 25.7 Å². The fourth-order valence-corrected chi connectivity index (χ4v) is 2.94. The first-order chi connectivity index (χ1) is 10.4.